The number of hydrogen-bond acceptors (Lipinski definition) is 2. The fraction of sp³-hybridized carbons (Fsp3) is 0.214. The van der Waals surface area contributed by atoms with Crippen LogP contribution in [0.5, 0.6) is 0 Å². The Morgan fingerprint density at radius 2 is 1.88 bits per heavy atom. The number of benzene rings is 2. The van der Waals surface area contributed by atoms with E-state index in [1.807, 2.05) is 30.3 Å². The molecule has 17 heavy (non-hydrogen) atoms. The van der Waals surface area contributed by atoms with Gasteiger partial charge in [-0.1, -0.05) is 36.4 Å². The molecule has 3 heteroatoms. The van der Waals surface area contributed by atoms with Gasteiger partial charge in [-0.25, -0.2) is 0 Å². The minimum atomic E-state index is -0.440. The van der Waals surface area contributed by atoms with Crippen molar-refractivity contribution in [1.82, 2.24) is 4.90 Å². The second-order valence-corrected chi connectivity index (χ2v) is 4.09. The summed E-state index contributed by atoms with van der Waals surface area (Å²) in [6, 6.07) is 14.2. The highest BCUT2D eigenvalue weighted by molar-refractivity contribution is 5.83. The summed E-state index contributed by atoms with van der Waals surface area (Å²) >= 11 is 0. The van der Waals surface area contributed by atoms with Crippen molar-refractivity contribution in [3.8, 4) is 0 Å². The zero-order valence-electron chi connectivity index (χ0n) is 9.76. The van der Waals surface area contributed by atoms with Crippen LogP contribution in [0.3, 0.4) is 0 Å². The molecule has 88 valence electrons. The van der Waals surface area contributed by atoms with Crippen LogP contribution in [0.15, 0.2) is 42.5 Å². The number of fused-ring (bicyclic) bond motifs is 1. The number of amides is 1. The minimum Gasteiger partial charge on any atom is -0.387 e. The third-order valence-corrected chi connectivity index (χ3v) is 2.79. The molecule has 0 radical (unpaired) electrons. The monoisotopic (exact) mass is 229 g/mol. The van der Waals surface area contributed by atoms with Crippen molar-refractivity contribution in [3.05, 3.63) is 48.0 Å². The smallest absolute Gasteiger partial charge is 0.248 e. The summed E-state index contributed by atoms with van der Waals surface area (Å²) in [4.78, 5) is 12.8. The van der Waals surface area contributed by atoms with Gasteiger partial charge < -0.3 is 10.0 Å². The molecule has 0 fully saturated rings. The first-order chi connectivity index (χ1) is 8.20. The maximum absolute atomic E-state index is 11.3. The molecule has 0 atom stereocenters. The summed E-state index contributed by atoms with van der Waals surface area (Å²) in [5.74, 6) is -0.266. The Kier molecular flexibility index (Phi) is 3.40. The van der Waals surface area contributed by atoms with Crippen LogP contribution in [0.1, 0.15) is 5.56 Å². The second kappa shape index (κ2) is 4.97. The first kappa shape index (κ1) is 11.6. The first-order valence-corrected chi connectivity index (χ1v) is 5.53. The van der Waals surface area contributed by atoms with Crippen LogP contribution in [0, 0.1) is 0 Å². The Morgan fingerprint density at radius 3 is 2.59 bits per heavy atom. The van der Waals surface area contributed by atoms with Crippen molar-refractivity contribution >= 4 is 16.7 Å². The van der Waals surface area contributed by atoms with Gasteiger partial charge in [-0.3, -0.25) is 4.79 Å². The van der Waals surface area contributed by atoms with Crippen molar-refractivity contribution in [3.63, 3.8) is 0 Å². The van der Waals surface area contributed by atoms with Crippen LogP contribution >= 0.6 is 0 Å². The molecule has 0 saturated heterocycles. The Hall–Kier alpha value is -1.87. The van der Waals surface area contributed by atoms with Crippen LogP contribution < -0.4 is 0 Å². The molecule has 0 spiro atoms. The van der Waals surface area contributed by atoms with E-state index in [0.717, 1.165) is 10.9 Å². The maximum Gasteiger partial charge on any atom is 0.248 e. The molecule has 3 nitrogen and oxygen atoms in total. The normalized spacial score (nSPS) is 10.5. The van der Waals surface area contributed by atoms with Gasteiger partial charge in [0.2, 0.25) is 5.91 Å². The molecule has 1 N–H and O–H groups in total. The van der Waals surface area contributed by atoms with Gasteiger partial charge in [0.1, 0.15) is 6.61 Å². The summed E-state index contributed by atoms with van der Waals surface area (Å²) < 4.78 is 0. The van der Waals surface area contributed by atoms with E-state index >= 15 is 0 Å². The highest BCUT2D eigenvalue weighted by Gasteiger charge is 2.07. The van der Waals surface area contributed by atoms with Gasteiger partial charge in [0.05, 0.1) is 0 Å². The third kappa shape index (κ3) is 2.63. The number of rotatable bonds is 3. The lowest BCUT2D eigenvalue weighted by molar-refractivity contribution is -0.133. The molecule has 0 aliphatic heterocycles. The summed E-state index contributed by atoms with van der Waals surface area (Å²) in [6.45, 7) is 0.0777. The van der Waals surface area contributed by atoms with Crippen molar-refractivity contribution in [2.24, 2.45) is 0 Å². The number of nitrogens with zero attached hydrogens (tertiary/aromatic N) is 1. The zero-order valence-corrected chi connectivity index (χ0v) is 9.76. The van der Waals surface area contributed by atoms with E-state index in [1.54, 1.807) is 7.05 Å². The van der Waals surface area contributed by atoms with Gasteiger partial charge >= 0.3 is 0 Å². The highest BCUT2D eigenvalue weighted by atomic mass is 16.3. The van der Waals surface area contributed by atoms with Crippen molar-refractivity contribution < 1.29 is 9.90 Å². The van der Waals surface area contributed by atoms with E-state index in [9.17, 15) is 4.79 Å². The van der Waals surface area contributed by atoms with E-state index in [4.69, 9.17) is 5.11 Å². The maximum atomic E-state index is 11.3. The molecule has 2 aromatic rings. The predicted octanol–water partition coefficient (Wildman–Crippen LogP) is 1.79. The standard InChI is InChI=1S/C14H15NO2/c1-15(14(17)10-16)9-11-6-7-12-4-2-3-5-13(12)8-11/h2-8,16H,9-10H2,1H3. The lowest BCUT2D eigenvalue weighted by atomic mass is 10.1. The topological polar surface area (TPSA) is 40.5 Å². The molecule has 2 rings (SSSR count). The van der Waals surface area contributed by atoms with Crippen molar-refractivity contribution in [2.45, 2.75) is 6.54 Å². The first-order valence-electron chi connectivity index (χ1n) is 5.53. The fourth-order valence-corrected chi connectivity index (χ4v) is 1.82. The number of carbonyl (C=O) groups excluding carboxylic acids is 1. The summed E-state index contributed by atoms with van der Waals surface area (Å²) in [7, 11) is 1.69. The lowest BCUT2D eigenvalue weighted by Crippen LogP contribution is -2.28. The van der Waals surface area contributed by atoms with E-state index in [-0.39, 0.29) is 5.91 Å². The largest absolute Gasteiger partial charge is 0.387 e. The van der Waals surface area contributed by atoms with Gasteiger partial charge in [-0.15, -0.1) is 0 Å². The van der Waals surface area contributed by atoms with E-state index in [0.29, 0.717) is 6.54 Å². The van der Waals surface area contributed by atoms with Crippen molar-refractivity contribution in [2.75, 3.05) is 13.7 Å². The molecule has 0 bridgehead atoms. The summed E-state index contributed by atoms with van der Waals surface area (Å²) in [5.41, 5.74) is 1.06. The predicted molar refractivity (Wildman–Crippen MR) is 67.5 cm³/mol. The Morgan fingerprint density at radius 1 is 1.18 bits per heavy atom. The Labute approximate surface area is 100 Å². The minimum absolute atomic E-state index is 0.266. The quantitative estimate of drug-likeness (QED) is 0.871. The lowest BCUT2D eigenvalue weighted by Gasteiger charge is -2.16. The number of carbonyl (C=O) groups is 1. The zero-order chi connectivity index (χ0) is 12.3. The molecule has 0 unspecified atom stereocenters. The number of aliphatic hydroxyl groups is 1. The van der Waals surface area contributed by atoms with E-state index < -0.39 is 6.61 Å². The fourth-order valence-electron chi connectivity index (χ4n) is 1.82. The number of aliphatic hydroxyl groups excluding tert-OH is 1. The molecule has 0 aliphatic carbocycles. The summed E-state index contributed by atoms with van der Waals surface area (Å²) in [5, 5.41) is 11.1. The van der Waals surface area contributed by atoms with Gasteiger partial charge in [0, 0.05) is 13.6 Å². The number of hydrogen-bond donors (Lipinski definition) is 1. The average molecular weight is 229 g/mol. The molecule has 2 aromatic carbocycles. The van der Waals surface area contributed by atoms with Crippen LogP contribution in [0.2, 0.25) is 0 Å². The van der Waals surface area contributed by atoms with Gasteiger partial charge in [0.15, 0.2) is 0 Å². The number of likely N-dealkylation sites (N-methyl/N-ethyl adjacent to an activating group) is 1. The molecule has 1 amide bonds. The van der Waals surface area contributed by atoms with Crippen LogP contribution in [-0.4, -0.2) is 29.6 Å². The second-order valence-electron chi connectivity index (χ2n) is 4.09. The molecular weight excluding hydrogens is 214 g/mol. The highest BCUT2D eigenvalue weighted by Crippen LogP contribution is 2.16. The van der Waals surface area contributed by atoms with Crippen LogP contribution in [0.4, 0.5) is 0 Å². The summed E-state index contributed by atoms with van der Waals surface area (Å²) in [6.07, 6.45) is 0. The van der Waals surface area contributed by atoms with Gasteiger partial charge in [0.25, 0.3) is 0 Å². The SMILES string of the molecule is CN(Cc1ccc2ccccc2c1)C(=O)CO. The third-order valence-electron chi connectivity index (χ3n) is 2.79. The van der Waals surface area contributed by atoms with Gasteiger partial charge in [-0.2, -0.15) is 0 Å². The van der Waals surface area contributed by atoms with Crippen molar-refractivity contribution in [1.29, 1.82) is 0 Å². The molecule has 0 aliphatic rings. The van der Waals surface area contributed by atoms with Crippen LogP contribution in [0.25, 0.3) is 10.8 Å². The average Bonchev–Trinajstić information content (AvgIpc) is 2.37. The molecule has 0 aromatic heterocycles. The Balaban J connectivity index is 2.22. The van der Waals surface area contributed by atoms with E-state index in [2.05, 4.69) is 12.1 Å². The van der Waals surface area contributed by atoms with Gasteiger partial charge in [-0.05, 0) is 22.4 Å². The van der Waals surface area contributed by atoms with E-state index in [1.165, 1.54) is 10.3 Å². The molecular formula is C14H15NO2. The molecule has 0 saturated carbocycles. The molecule has 0 heterocycles. The van der Waals surface area contributed by atoms with Crippen LogP contribution in [-0.2, 0) is 11.3 Å². The Bertz CT molecular complexity index is 536.